The van der Waals surface area contributed by atoms with Crippen LogP contribution in [-0.4, -0.2) is 33.8 Å². The van der Waals surface area contributed by atoms with Gasteiger partial charge in [0.25, 0.3) is 5.91 Å². The number of nitrogens with one attached hydrogen (secondary N) is 1. The van der Waals surface area contributed by atoms with E-state index < -0.39 is 0 Å². The van der Waals surface area contributed by atoms with Gasteiger partial charge in [0, 0.05) is 32.4 Å². The average Bonchev–Trinajstić information content (AvgIpc) is 2.98. The molecule has 2 rings (SSSR count). The number of aryl methyl sites for hydroxylation is 1. The molecule has 0 aliphatic carbocycles. The zero-order valence-corrected chi connectivity index (χ0v) is 12.6. The first-order chi connectivity index (χ1) is 9.55. The summed E-state index contributed by atoms with van der Waals surface area (Å²) in [4.78, 5) is 18.9. The second-order valence-electron chi connectivity index (χ2n) is 4.21. The van der Waals surface area contributed by atoms with Gasteiger partial charge in [0.15, 0.2) is 10.9 Å². The van der Waals surface area contributed by atoms with Crippen molar-refractivity contribution < 1.29 is 4.79 Å². The Bertz CT molecular complexity index is 601. The number of nitrogens with zero attached hydrogens (tertiary/aromatic N) is 4. The number of rotatable bonds is 5. The largest absolute Gasteiger partial charge is 0.382 e. The molecular formula is C12H18N6OS. The maximum Gasteiger partial charge on any atom is 0.270 e. The third-order valence-electron chi connectivity index (χ3n) is 2.84. The first-order valence-electron chi connectivity index (χ1n) is 6.37. The quantitative estimate of drug-likeness (QED) is 0.873. The van der Waals surface area contributed by atoms with Gasteiger partial charge in [-0.1, -0.05) is 11.3 Å². The molecule has 2 aromatic rings. The monoisotopic (exact) mass is 294 g/mol. The van der Waals surface area contributed by atoms with Crippen molar-refractivity contribution >= 4 is 34.0 Å². The second-order valence-corrected chi connectivity index (χ2v) is 5.19. The summed E-state index contributed by atoms with van der Waals surface area (Å²) in [6.07, 6.45) is 1.76. The molecule has 0 saturated heterocycles. The fourth-order valence-corrected chi connectivity index (χ4v) is 2.77. The lowest BCUT2D eigenvalue weighted by Gasteiger charge is -2.16. The van der Waals surface area contributed by atoms with E-state index >= 15 is 0 Å². The minimum Gasteiger partial charge on any atom is -0.382 e. The molecule has 0 aliphatic rings. The van der Waals surface area contributed by atoms with E-state index in [4.69, 9.17) is 5.73 Å². The van der Waals surface area contributed by atoms with Gasteiger partial charge in [0.05, 0.1) is 0 Å². The third kappa shape index (κ3) is 2.90. The Hall–Kier alpha value is -2.09. The van der Waals surface area contributed by atoms with E-state index in [2.05, 4.69) is 20.3 Å². The van der Waals surface area contributed by atoms with Crippen molar-refractivity contribution in [2.24, 2.45) is 7.05 Å². The zero-order chi connectivity index (χ0) is 14.7. The van der Waals surface area contributed by atoms with Crippen LogP contribution in [0.1, 0.15) is 23.5 Å². The van der Waals surface area contributed by atoms with Crippen molar-refractivity contribution in [3.8, 4) is 0 Å². The van der Waals surface area contributed by atoms with Gasteiger partial charge in [-0.2, -0.15) is 5.10 Å². The Balaban J connectivity index is 2.17. The second kappa shape index (κ2) is 5.91. The van der Waals surface area contributed by atoms with Crippen molar-refractivity contribution in [2.75, 3.05) is 29.0 Å². The van der Waals surface area contributed by atoms with Crippen LogP contribution in [0.4, 0.5) is 16.8 Å². The zero-order valence-electron chi connectivity index (χ0n) is 11.8. The normalized spacial score (nSPS) is 10.6. The van der Waals surface area contributed by atoms with Crippen LogP contribution in [0.25, 0.3) is 0 Å². The van der Waals surface area contributed by atoms with Crippen LogP contribution in [-0.2, 0) is 7.05 Å². The summed E-state index contributed by atoms with van der Waals surface area (Å²) in [6, 6.07) is 1.72. The van der Waals surface area contributed by atoms with Gasteiger partial charge >= 0.3 is 0 Å². The summed E-state index contributed by atoms with van der Waals surface area (Å²) in [6.45, 7) is 5.72. The predicted octanol–water partition coefficient (Wildman–Crippen LogP) is 1.56. The van der Waals surface area contributed by atoms with Crippen molar-refractivity contribution in [1.29, 1.82) is 0 Å². The third-order valence-corrected chi connectivity index (χ3v) is 3.97. The van der Waals surface area contributed by atoms with E-state index in [0.29, 0.717) is 10.7 Å². The Morgan fingerprint density at radius 3 is 2.75 bits per heavy atom. The Morgan fingerprint density at radius 1 is 1.50 bits per heavy atom. The molecular weight excluding hydrogens is 276 g/mol. The van der Waals surface area contributed by atoms with E-state index in [1.165, 1.54) is 11.3 Å². The van der Waals surface area contributed by atoms with Crippen LogP contribution in [0.3, 0.4) is 0 Å². The molecule has 0 spiro atoms. The van der Waals surface area contributed by atoms with Crippen LogP contribution >= 0.6 is 11.3 Å². The number of hydrogen-bond acceptors (Lipinski definition) is 6. The minimum absolute atomic E-state index is 0.255. The lowest BCUT2D eigenvalue weighted by molar-refractivity contribution is 0.103. The van der Waals surface area contributed by atoms with Crippen LogP contribution in [0.15, 0.2) is 12.3 Å². The number of thiazole rings is 1. The number of amides is 1. The molecule has 0 saturated carbocycles. The van der Waals surface area contributed by atoms with Gasteiger partial charge in [-0.25, -0.2) is 4.98 Å². The van der Waals surface area contributed by atoms with Gasteiger partial charge in [0.1, 0.15) is 10.7 Å². The first-order valence-corrected chi connectivity index (χ1v) is 7.19. The standard InChI is InChI=1S/C12H18N6OS/c1-4-18(5-2)12-15-10(13)9(20-12)11(19)14-8-6-7-17(3)16-8/h6-7H,4-5,13H2,1-3H3,(H,14,16,19). The highest BCUT2D eigenvalue weighted by Crippen LogP contribution is 2.28. The molecule has 108 valence electrons. The average molecular weight is 294 g/mol. The van der Waals surface area contributed by atoms with Crippen LogP contribution < -0.4 is 16.0 Å². The molecule has 2 heterocycles. The molecule has 3 N–H and O–H groups in total. The van der Waals surface area contributed by atoms with E-state index in [1.807, 2.05) is 13.8 Å². The van der Waals surface area contributed by atoms with Gasteiger partial charge in [-0.05, 0) is 13.8 Å². The molecule has 0 aromatic carbocycles. The molecule has 0 unspecified atom stereocenters. The highest BCUT2D eigenvalue weighted by molar-refractivity contribution is 7.18. The van der Waals surface area contributed by atoms with Gasteiger partial charge in [0.2, 0.25) is 0 Å². The molecule has 1 amide bonds. The minimum atomic E-state index is -0.280. The first kappa shape index (κ1) is 14.3. The molecule has 0 atom stereocenters. The van der Waals surface area contributed by atoms with Crippen LogP contribution in [0.2, 0.25) is 0 Å². The highest BCUT2D eigenvalue weighted by atomic mass is 32.1. The van der Waals surface area contributed by atoms with Gasteiger partial charge in [-0.3, -0.25) is 9.48 Å². The van der Waals surface area contributed by atoms with E-state index in [9.17, 15) is 4.79 Å². The maximum absolute atomic E-state index is 12.2. The molecule has 0 radical (unpaired) electrons. The Labute approximate surface area is 121 Å². The summed E-state index contributed by atoms with van der Waals surface area (Å²) in [5, 5.41) is 7.57. The van der Waals surface area contributed by atoms with Crippen molar-refractivity contribution in [3.63, 3.8) is 0 Å². The van der Waals surface area contributed by atoms with Crippen LogP contribution in [0.5, 0.6) is 0 Å². The highest BCUT2D eigenvalue weighted by Gasteiger charge is 2.19. The fourth-order valence-electron chi connectivity index (χ4n) is 1.77. The number of carbonyl (C=O) groups is 1. The molecule has 2 aromatic heterocycles. The van der Waals surface area contributed by atoms with Gasteiger partial charge in [-0.15, -0.1) is 0 Å². The Morgan fingerprint density at radius 2 is 2.20 bits per heavy atom. The summed E-state index contributed by atoms with van der Waals surface area (Å²) in [5.74, 6) is 0.470. The van der Waals surface area contributed by atoms with E-state index in [1.54, 1.807) is 24.0 Å². The van der Waals surface area contributed by atoms with Crippen molar-refractivity contribution in [1.82, 2.24) is 14.8 Å². The lowest BCUT2D eigenvalue weighted by atomic mass is 10.4. The van der Waals surface area contributed by atoms with E-state index in [-0.39, 0.29) is 11.7 Å². The van der Waals surface area contributed by atoms with Gasteiger partial charge < -0.3 is 16.0 Å². The molecule has 0 bridgehead atoms. The molecule has 7 nitrogen and oxygen atoms in total. The Kier molecular flexibility index (Phi) is 4.23. The number of nitrogen functional groups attached to an aromatic ring is 1. The summed E-state index contributed by atoms with van der Waals surface area (Å²) >= 11 is 1.29. The van der Waals surface area contributed by atoms with Crippen molar-refractivity contribution in [3.05, 3.63) is 17.1 Å². The SMILES string of the molecule is CCN(CC)c1nc(N)c(C(=O)Nc2ccn(C)n2)s1. The van der Waals surface area contributed by atoms with Crippen LogP contribution in [0, 0.1) is 0 Å². The lowest BCUT2D eigenvalue weighted by Crippen LogP contribution is -2.21. The van der Waals surface area contributed by atoms with E-state index in [0.717, 1.165) is 18.2 Å². The maximum atomic E-state index is 12.2. The van der Waals surface area contributed by atoms with Crippen molar-refractivity contribution in [2.45, 2.75) is 13.8 Å². The molecule has 8 heteroatoms. The summed E-state index contributed by atoms with van der Waals surface area (Å²) in [5.41, 5.74) is 5.83. The topological polar surface area (TPSA) is 89.1 Å². The summed E-state index contributed by atoms with van der Waals surface area (Å²) < 4.78 is 1.62. The molecule has 20 heavy (non-hydrogen) atoms. The number of hydrogen-bond donors (Lipinski definition) is 2. The smallest absolute Gasteiger partial charge is 0.270 e. The number of carbonyl (C=O) groups excluding carboxylic acids is 1. The fraction of sp³-hybridized carbons (Fsp3) is 0.417. The number of nitrogens with two attached hydrogens (primary N) is 1. The number of anilines is 3. The predicted molar refractivity (Wildman–Crippen MR) is 81.2 cm³/mol. The number of aromatic nitrogens is 3. The molecule has 0 aliphatic heterocycles. The summed E-state index contributed by atoms with van der Waals surface area (Å²) in [7, 11) is 1.79. The molecule has 0 fully saturated rings.